The maximum Gasteiger partial charge on any atom is 0.165 e. The molecule has 214 valence electrons. The predicted octanol–water partition coefficient (Wildman–Crippen LogP) is 8.47. The predicted molar refractivity (Wildman–Crippen MR) is 165 cm³/mol. The van der Waals surface area contributed by atoms with Gasteiger partial charge in [-0.1, -0.05) is 41.2 Å². The Morgan fingerprint density at radius 3 is 2.49 bits per heavy atom. The third-order valence-corrected chi connectivity index (χ3v) is 8.17. The van der Waals surface area contributed by atoms with Crippen LogP contribution >= 0.6 is 0 Å². The van der Waals surface area contributed by atoms with Crippen molar-refractivity contribution < 1.29 is 12.0 Å². The number of rotatable bonds is 8. The topological polar surface area (TPSA) is 56.9 Å². The maximum atomic E-state index is 14.3. The van der Waals surface area contributed by atoms with Gasteiger partial charge in [0.25, 0.3) is 0 Å². The van der Waals surface area contributed by atoms with Crippen LogP contribution in [0.3, 0.4) is 0 Å². The fraction of sp³-hybridized carbons (Fsp3) is 0.485. The minimum Gasteiger partial charge on any atom is -0.494 e. The molecule has 3 aromatic rings. The molecule has 1 fully saturated rings. The van der Waals surface area contributed by atoms with Gasteiger partial charge in [-0.25, -0.2) is 9.37 Å². The number of nitrogens with zero attached hydrogens (tertiary/aromatic N) is 2. The van der Waals surface area contributed by atoms with Crippen molar-refractivity contribution in [2.75, 3.05) is 20.2 Å². The Hall–Kier alpha value is -3.46. The zero-order chi connectivity index (χ0) is 28.9. The molecule has 39 heavy (non-hydrogen) atoms. The molecule has 1 saturated heterocycles. The van der Waals surface area contributed by atoms with Crippen molar-refractivity contribution >= 4 is 5.70 Å². The number of benzene rings is 1. The average Bonchev–Trinajstić information content (AvgIpc) is 3.52. The van der Waals surface area contributed by atoms with Gasteiger partial charge in [-0.2, -0.15) is 0 Å². The van der Waals surface area contributed by atoms with E-state index in [1.54, 1.807) is 6.07 Å². The van der Waals surface area contributed by atoms with Crippen molar-refractivity contribution in [3.63, 3.8) is 0 Å². The molecule has 0 radical (unpaired) electrons. The lowest BCUT2D eigenvalue weighted by Gasteiger charge is -2.40. The number of aryl methyl sites for hydroxylation is 2. The molecule has 1 aliphatic rings. The Kier molecular flexibility index (Phi) is 9.72. The third kappa shape index (κ3) is 6.24. The Balaban J connectivity index is 0.00000206. The lowest BCUT2D eigenvalue weighted by Crippen LogP contribution is -2.40. The van der Waals surface area contributed by atoms with E-state index >= 15 is 0 Å². The number of likely N-dealkylation sites (tertiary alicyclic amines) is 1. The van der Waals surface area contributed by atoms with E-state index in [0.717, 1.165) is 66.5 Å². The van der Waals surface area contributed by atoms with Gasteiger partial charge in [0.1, 0.15) is 5.82 Å². The van der Waals surface area contributed by atoms with E-state index in [2.05, 4.69) is 61.1 Å². The summed E-state index contributed by atoms with van der Waals surface area (Å²) in [6.07, 6.45) is 8.22. The summed E-state index contributed by atoms with van der Waals surface area (Å²) in [5.41, 5.74) is 6.98. The smallest absolute Gasteiger partial charge is 0.165 e. The first-order valence-electron chi connectivity index (χ1n) is 14.1. The number of piperidine rings is 1. The fourth-order valence-electron chi connectivity index (χ4n) is 5.37. The molecule has 2 aromatic heterocycles. The van der Waals surface area contributed by atoms with E-state index in [4.69, 9.17) is 16.1 Å². The van der Waals surface area contributed by atoms with Crippen LogP contribution in [0.15, 0.2) is 30.8 Å². The van der Waals surface area contributed by atoms with E-state index in [-0.39, 0.29) is 19.8 Å². The van der Waals surface area contributed by atoms with Gasteiger partial charge in [-0.15, -0.1) is 12.3 Å². The monoisotopic (exact) mass is 536 g/mol. The Morgan fingerprint density at radius 1 is 1.23 bits per heavy atom. The standard InChI is InChI=1S/C31H39FN4O.C2H6.2H2/c1-9-10-19(2)21(4)28-25(17-20(3)33-28)23(6)36-15-13-31(7,14-16-36)30-34-22(5)29(35-30)24-11-12-27(37-8)26(32)18-24;1-2;;/h1,11-12,17-19,21,33H,6,10,13-16H2,2-5,7-8H3,(H,34,35);1-2H3;2*1H. The Morgan fingerprint density at radius 2 is 1.90 bits per heavy atom. The number of terminal acetylenes is 1. The van der Waals surface area contributed by atoms with E-state index in [9.17, 15) is 4.39 Å². The summed E-state index contributed by atoms with van der Waals surface area (Å²) in [7, 11) is 1.47. The second kappa shape index (κ2) is 12.6. The number of nitrogens with one attached hydrogen (secondary N) is 2. The van der Waals surface area contributed by atoms with E-state index in [0.29, 0.717) is 11.8 Å². The molecule has 1 aliphatic heterocycles. The summed E-state index contributed by atoms with van der Waals surface area (Å²) < 4.78 is 19.4. The Labute approximate surface area is 237 Å². The highest BCUT2D eigenvalue weighted by Gasteiger charge is 2.36. The molecule has 0 spiro atoms. The molecule has 5 nitrogen and oxygen atoms in total. The first-order valence-corrected chi connectivity index (χ1v) is 14.1. The molecule has 4 rings (SSSR count). The Bertz CT molecular complexity index is 1330. The van der Waals surface area contributed by atoms with Crippen molar-refractivity contribution in [2.45, 2.75) is 79.1 Å². The highest BCUT2D eigenvalue weighted by Crippen LogP contribution is 2.39. The maximum absolute atomic E-state index is 14.3. The molecule has 0 amide bonds. The summed E-state index contributed by atoms with van der Waals surface area (Å²) in [4.78, 5) is 14.4. The zero-order valence-electron chi connectivity index (χ0n) is 25.0. The molecule has 2 unspecified atom stereocenters. The second-order valence-corrected chi connectivity index (χ2v) is 10.9. The minimum absolute atomic E-state index is 0. The van der Waals surface area contributed by atoms with Crippen molar-refractivity contribution in [1.29, 1.82) is 0 Å². The second-order valence-electron chi connectivity index (χ2n) is 10.9. The van der Waals surface area contributed by atoms with Gasteiger partial charge in [0, 0.05) is 67.6 Å². The molecule has 0 saturated carbocycles. The number of hydrogen-bond acceptors (Lipinski definition) is 3. The average molecular weight is 537 g/mol. The van der Waals surface area contributed by atoms with Crippen molar-refractivity contribution in [3.8, 4) is 29.4 Å². The van der Waals surface area contributed by atoms with Crippen molar-refractivity contribution in [2.24, 2.45) is 5.92 Å². The molecule has 2 atom stereocenters. The van der Waals surface area contributed by atoms with E-state index in [1.807, 2.05) is 26.8 Å². The van der Waals surface area contributed by atoms with Crippen LogP contribution in [-0.4, -0.2) is 40.1 Å². The van der Waals surface area contributed by atoms with Crippen molar-refractivity contribution in [1.82, 2.24) is 19.9 Å². The summed E-state index contributed by atoms with van der Waals surface area (Å²) in [5, 5.41) is 0. The van der Waals surface area contributed by atoms with Gasteiger partial charge in [-0.05, 0) is 56.9 Å². The van der Waals surface area contributed by atoms with Crippen LogP contribution in [0.1, 0.15) is 91.1 Å². The van der Waals surface area contributed by atoms with Crippen LogP contribution < -0.4 is 4.74 Å². The van der Waals surface area contributed by atoms with Gasteiger partial charge < -0.3 is 19.6 Å². The van der Waals surface area contributed by atoms with Crippen LogP contribution in [0, 0.1) is 37.9 Å². The van der Waals surface area contributed by atoms with Gasteiger partial charge in [0.2, 0.25) is 0 Å². The van der Waals surface area contributed by atoms with Gasteiger partial charge in [0.15, 0.2) is 11.6 Å². The third-order valence-electron chi connectivity index (χ3n) is 8.17. The number of aromatic nitrogens is 3. The molecule has 1 aromatic carbocycles. The summed E-state index contributed by atoms with van der Waals surface area (Å²) in [6.45, 7) is 21.1. The molecular formula is C33H49FN4O. The minimum atomic E-state index is -0.385. The van der Waals surface area contributed by atoms with Gasteiger partial charge in [-0.3, -0.25) is 0 Å². The number of imidazole rings is 1. The van der Waals surface area contributed by atoms with Gasteiger partial charge >= 0.3 is 0 Å². The molecule has 3 heterocycles. The van der Waals surface area contributed by atoms with E-state index in [1.165, 1.54) is 24.4 Å². The lowest BCUT2D eigenvalue weighted by atomic mass is 9.79. The fourth-order valence-corrected chi connectivity index (χ4v) is 5.37. The van der Waals surface area contributed by atoms with Crippen LogP contribution in [0.5, 0.6) is 5.75 Å². The number of hydrogen-bond donors (Lipinski definition) is 2. The summed E-state index contributed by atoms with van der Waals surface area (Å²) in [6, 6.07) is 7.20. The quantitative estimate of drug-likeness (QED) is 0.284. The largest absolute Gasteiger partial charge is 0.494 e. The first-order chi connectivity index (χ1) is 18.6. The van der Waals surface area contributed by atoms with Gasteiger partial charge in [0.05, 0.1) is 12.8 Å². The molecule has 0 aliphatic carbocycles. The molecule has 2 N–H and O–H groups in total. The van der Waals surface area contributed by atoms with Crippen LogP contribution in [-0.2, 0) is 5.41 Å². The number of halogens is 1. The first kappa shape index (κ1) is 30.1. The highest BCUT2D eigenvalue weighted by atomic mass is 19.1. The van der Waals surface area contributed by atoms with E-state index < -0.39 is 0 Å². The normalized spacial score (nSPS) is 16.1. The summed E-state index contributed by atoms with van der Waals surface area (Å²) in [5.74, 6) is 4.31. The molecule has 0 bridgehead atoms. The van der Waals surface area contributed by atoms with Crippen LogP contribution in [0.25, 0.3) is 17.0 Å². The number of methoxy groups -OCH3 is 1. The SMILES string of the molecule is C#CCC(C)C(C)c1[nH]c(C)cc1C(=C)N1CCC(C)(c2nc(-c3ccc(OC)c(F)c3)c(C)[nH]2)CC1.CC.[HH].[HH]. The molecular weight excluding hydrogens is 487 g/mol. The summed E-state index contributed by atoms with van der Waals surface area (Å²) >= 11 is 0. The highest BCUT2D eigenvalue weighted by molar-refractivity contribution is 5.66. The number of ether oxygens (including phenoxy) is 1. The van der Waals surface area contributed by atoms with Crippen LogP contribution in [0.2, 0.25) is 0 Å². The van der Waals surface area contributed by atoms with Crippen LogP contribution in [0.4, 0.5) is 4.39 Å². The lowest BCUT2D eigenvalue weighted by molar-refractivity contribution is 0.224. The number of H-pyrrole nitrogens is 2. The molecule has 6 heteroatoms. The number of aromatic amines is 2. The van der Waals surface area contributed by atoms with Crippen molar-refractivity contribution in [3.05, 3.63) is 65.1 Å². The zero-order valence-corrected chi connectivity index (χ0v) is 25.0.